The quantitative estimate of drug-likeness (QED) is 0.251. The molecular formula is C31H27N9O3S. The molecule has 0 saturated carbocycles. The van der Waals surface area contributed by atoms with Crippen LogP contribution in [0.15, 0.2) is 90.4 Å². The van der Waals surface area contributed by atoms with Crippen molar-refractivity contribution in [1.82, 2.24) is 34.6 Å². The molecule has 1 saturated heterocycles. The van der Waals surface area contributed by atoms with Gasteiger partial charge in [-0.1, -0.05) is 0 Å². The van der Waals surface area contributed by atoms with Crippen LogP contribution < -0.4 is 15.8 Å². The molecule has 7 rings (SSSR count). The number of pyridine rings is 1. The molecule has 6 heterocycles. The number of anilines is 2. The van der Waals surface area contributed by atoms with Gasteiger partial charge in [-0.2, -0.15) is 5.10 Å². The Kier molecular flexibility index (Phi) is 7.20. The fourth-order valence-electron chi connectivity index (χ4n) is 5.29. The Balaban J connectivity index is 0.932. The Morgan fingerprint density at radius 3 is 2.52 bits per heavy atom. The van der Waals surface area contributed by atoms with Gasteiger partial charge in [-0.3, -0.25) is 19.5 Å². The maximum atomic E-state index is 13.1. The molecule has 1 aromatic carbocycles. The van der Waals surface area contributed by atoms with Crippen LogP contribution >= 0.6 is 11.3 Å². The molecule has 6 aromatic rings. The highest BCUT2D eigenvalue weighted by Gasteiger charge is 2.22. The van der Waals surface area contributed by atoms with E-state index in [0.717, 1.165) is 34.6 Å². The first-order valence-corrected chi connectivity index (χ1v) is 14.9. The number of thiophene rings is 1. The van der Waals surface area contributed by atoms with Gasteiger partial charge in [0.05, 0.1) is 10.6 Å². The Hall–Kier alpha value is -5.56. The third kappa shape index (κ3) is 5.60. The van der Waals surface area contributed by atoms with Crippen molar-refractivity contribution >= 4 is 44.7 Å². The van der Waals surface area contributed by atoms with E-state index in [4.69, 9.17) is 0 Å². The molecule has 220 valence electrons. The summed E-state index contributed by atoms with van der Waals surface area (Å²) >= 11 is 1.29. The van der Waals surface area contributed by atoms with Crippen molar-refractivity contribution < 1.29 is 9.59 Å². The second-order valence-electron chi connectivity index (χ2n) is 10.4. The summed E-state index contributed by atoms with van der Waals surface area (Å²) in [7, 11) is 0. The average Bonchev–Trinajstić information content (AvgIpc) is 3.78. The summed E-state index contributed by atoms with van der Waals surface area (Å²) < 4.78 is 1.78. The molecule has 1 aliphatic rings. The third-order valence-corrected chi connectivity index (χ3v) is 8.58. The Morgan fingerprint density at radius 1 is 0.955 bits per heavy atom. The van der Waals surface area contributed by atoms with Crippen LogP contribution in [0.25, 0.3) is 32.9 Å². The molecule has 3 N–H and O–H groups in total. The molecule has 0 spiro atoms. The van der Waals surface area contributed by atoms with Gasteiger partial charge < -0.3 is 24.7 Å². The smallest absolute Gasteiger partial charge is 0.265 e. The fraction of sp³-hybridized carbons (Fsp3) is 0.161. The van der Waals surface area contributed by atoms with E-state index in [0.29, 0.717) is 40.7 Å². The Bertz CT molecular complexity index is 2000. The number of aromatic amines is 2. The van der Waals surface area contributed by atoms with E-state index in [2.05, 4.69) is 47.5 Å². The number of H-pyrrole nitrogens is 2. The van der Waals surface area contributed by atoms with Gasteiger partial charge in [0.2, 0.25) is 11.5 Å². The van der Waals surface area contributed by atoms with Gasteiger partial charge in [0.25, 0.3) is 5.91 Å². The topological polar surface area (TPSA) is 145 Å². The second-order valence-corrected chi connectivity index (χ2v) is 11.4. The summed E-state index contributed by atoms with van der Waals surface area (Å²) in [6, 6.07) is 16.7. The van der Waals surface area contributed by atoms with E-state index >= 15 is 0 Å². The van der Waals surface area contributed by atoms with Crippen LogP contribution in [0.1, 0.15) is 9.67 Å². The van der Waals surface area contributed by atoms with E-state index in [-0.39, 0.29) is 23.9 Å². The number of fused-ring (bicyclic) bond motifs is 1. The number of nitrogens with zero attached hydrogens (tertiary/aromatic N) is 6. The maximum absolute atomic E-state index is 13.1. The first kappa shape index (κ1) is 27.3. The summed E-state index contributed by atoms with van der Waals surface area (Å²) in [6.45, 7) is 2.94. The van der Waals surface area contributed by atoms with Gasteiger partial charge in [0, 0.05) is 85.4 Å². The molecule has 2 amide bonds. The highest BCUT2D eigenvalue weighted by Crippen LogP contribution is 2.32. The Morgan fingerprint density at radius 2 is 1.75 bits per heavy atom. The number of rotatable bonds is 7. The largest absolute Gasteiger partial charge is 0.368 e. The number of aromatic nitrogens is 6. The minimum Gasteiger partial charge on any atom is -0.368 e. The van der Waals surface area contributed by atoms with Gasteiger partial charge in [-0.15, -0.1) is 11.3 Å². The standard InChI is InChI=1S/C31H27N9O3S/c41-26-16-21(6-10-32-26)28-24-17-25(44-31(24)37-36-28)30(43)35-22-7-11-38(18-22)19-27(42)40-14-12-39(13-15-40)23-4-2-20(3-5-23)29-33-8-1-9-34-29/h1-11,16-18H,12-15,19H2,(H,32,41)(H,35,43)(H,36,37). The van der Waals surface area contributed by atoms with E-state index in [1.165, 1.54) is 17.4 Å². The summed E-state index contributed by atoms with van der Waals surface area (Å²) in [5, 5.41) is 10.9. The van der Waals surface area contributed by atoms with Crippen molar-refractivity contribution in [2.45, 2.75) is 6.54 Å². The van der Waals surface area contributed by atoms with Gasteiger partial charge in [-0.25, -0.2) is 9.97 Å². The molecule has 0 bridgehead atoms. The number of amides is 2. The number of carbonyl (C=O) groups is 2. The summed E-state index contributed by atoms with van der Waals surface area (Å²) in [4.78, 5) is 54.4. The van der Waals surface area contributed by atoms with Crippen LogP contribution in [0.3, 0.4) is 0 Å². The van der Waals surface area contributed by atoms with Crippen LogP contribution in [0.4, 0.5) is 11.4 Å². The summed E-state index contributed by atoms with van der Waals surface area (Å²) in [5.74, 6) is 0.462. The first-order chi connectivity index (χ1) is 21.5. The molecule has 1 fully saturated rings. The van der Waals surface area contributed by atoms with Crippen LogP contribution in [-0.4, -0.2) is 72.6 Å². The molecule has 0 unspecified atom stereocenters. The van der Waals surface area contributed by atoms with E-state index < -0.39 is 0 Å². The lowest BCUT2D eigenvalue weighted by atomic mass is 10.1. The molecule has 0 radical (unpaired) electrons. The number of carbonyl (C=O) groups excluding carboxylic acids is 2. The van der Waals surface area contributed by atoms with Gasteiger partial charge in [-0.05, 0) is 48.5 Å². The van der Waals surface area contributed by atoms with Crippen molar-refractivity contribution in [3.63, 3.8) is 0 Å². The minimum absolute atomic E-state index is 0.0297. The lowest BCUT2D eigenvalue weighted by Crippen LogP contribution is -2.49. The zero-order valence-electron chi connectivity index (χ0n) is 23.4. The molecule has 0 aliphatic carbocycles. The third-order valence-electron chi connectivity index (χ3n) is 7.54. The first-order valence-electron chi connectivity index (χ1n) is 14.0. The Labute approximate surface area is 255 Å². The van der Waals surface area contributed by atoms with Crippen molar-refractivity contribution in [3.8, 4) is 22.6 Å². The summed E-state index contributed by atoms with van der Waals surface area (Å²) in [5.41, 5.74) is 3.73. The van der Waals surface area contributed by atoms with Crippen LogP contribution in [0.5, 0.6) is 0 Å². The maximum Gasteiger partial charge on any atom is 0.265 e. The van der Waals surface area contributed by atoms with E-state index in [9.17, 15) is 14.4 Å². The lowest BCUT2D eigenvalue weighted by molar-refractivity contribution is -0.132. The predicted octanol–water partition coefficient (Wildman–Crippen LogP) is 3.84. The molecule has 0 atom stereocenters. The normalized spacial score (nSPS) is 13.4. The fourth-order valence-corrected chi connectivity index (χ4v) is 6.18. The molecule has 12 nitrogen and oxygen atoms in total. The van der Waals surface area contributed by atoms with Crippen molar-refractivity contribution in [3.05, 3.63) is 101 Å². The molecule has 1 aliphatic heterocycles. The number of hydrogen-bond acceptors (Lipinski definition) is 8. The van der Waals surface area contributed by atoms with Crippen molar-refractivity contribution in [2.24, 2.45) is 0 Å². The predicted molar refractivity (Wildman–Crippen MR) is 169 cm³/mol. The van der Waals surface area contributed by atoms with Gasteiger partial charge >= 0.3 is 0 Å². The van der Waals surface area contributed by atoms with Crippen LogP contribution in [-0.2, 0) is 11.3 Å². The number of hydrogen-bond donors (Lipinski definition) is 3. The monoisotopic (exact) mass is 605 g/mol. The summed E-state index contributed by atoms with van der Waals surface area (Å²) in [6.07, 6.45) is 8.57. The zero-order valence-corrected chi connectivity index (χ0v) is 24.3. The molecule has 5 aromatic heterocycles. The highest BCUT2D eigenvalue weighted by atomic mass is 32.1. The minimum atomic E-state index is -0.263. The van der Waals surface area contributed by atoms with E-state index in [1.54, 1.807) is 59.8 Å². The van der Waals surface area contributed by atoms with Crippen molar-refractivity contribution in [2.75, 3.05) is 36.4 Å². The highest BCUT2D eigenvalue weighted by molar-refractivity contribution is 7.20. The van der Waals surface area contributed by atoms with E-state index in [1.807, 2.05) is 17.0 Å². The second kappa shape index (κ2) is 11.6. The number of piperazine rings is 1. The lowest BCUT2D eigenvalue weighted by Gasteiger charge is -2.36. The zero-order chi connectivity index (χ0) is 30.0. The van der Waals surface area contributed by atoms with Crippen LogP contribution in [0.2, 0.25) is 0 Å². The number of nitrogens with one attached hydrogen (secondary N) is 3. The molecular weight excluding hydrogens is 578 g/mol. The van der Waals surface area contributed by atoms with Gasteiger partial charge in [0.15, 0.2) is 5.82 Å². The molecule has 13 heteroatoms. The average molecular weight is 606 g/mol. The number of benzene rings is 1. The van der Waals surface area contributed by atoms with Gasteiger partial charge in [0.1, 0.15) is 17.1 Å². The van der Waals surface area contributed by atoms with Crippen LogP contribution in [0, 0.1) is 0 Å². The van der Waals surface area contributed by atoms with Crippen molar-refractivity contribution in [1.29, 1.82) is 0 Å². The molecule has 44 heavy (non-hydrogen) atoms. The SMILES string of the molecule is O=C(Nc1ccn(CC(=O)N2CCN(c3ccc(-c4ncccn4)cc3)CC2)c1)c1cc2c(-c3cc[nH]c(=O)c3)n[nH]c2s1.